The highest BCUT2D eigenvalue weighted by atomic mass is 16.5. The van der Waals surface area contributed by atoms with Crippen LogP contribution in [0.4, 0.5) is 5.82 Å². The van der Waals surface area contributed by atoms with Crippen molar-refractivity contribution in [3.8, 4) is 0 Å². The van der Waals surface area contributed by atoms with Crippen LogP contribution < -0.4 is 5.32 Å². The summed E-state index contributed by atoms with van der Waals surface area (Å²) in [5, 5.41) is 11.4. The maximum Gasteiger partial charge on any atom is 0.160 e. The van der Waals surface area contributed by atoms with Crippen LogP contribution in [0.2, 0.25) is 0 Å². The van der Waals surface area contributed by atoms with Crippen molar-refractivity contribution in [2.75, 3.05) is 11.9 Å². The van der Waals surface area contributed by atoms with Crippen molar-refractivity contribution in [3.63, 3.8) is 0 Å². The molecule has 6 heteroatoms. The summed E-state index contributed by atoms with van der Waals surface area (Å²) < 4.78 is 6.20. The van der Waals surface area contributed by atoms with Gasteiger partial charge in [-0.1, -0.05) is 37.3 Å². The molecule has 3 aromatic rings. The first-order valence-corrected chi connectivity index (χ1v) is 9.84. The van der Waals surface area contributed by atoms with Crippen LogP contribution in [0.5, 0.6) is 0 Å². The van der Waals surface area contributed by atoms with Crippen LogP contribution in [-0.2, 0) is 11.2 Å². The quantitative estimate of drug-likeness (QED) is 0.662. The summed E-state index contributed by atoms with van der Waals surface area (Å²) >= 11 is 0. The average Bonchev–Trinajstić information content (AvgIpc) is 3.18. The number of nitrogens with zero attached hydrogens (tertiary/aromatic N) is 3. The van der Waals surface area contributed by atoms with Gasteiger partial charge in [0, 0.05) is 12.6 Å². The fraction of sp³-hybridized carbons (Fsp3) is 0.476. The first-order chi connectivity index (χ1) is 13.3. The minimum absolute atomic E-state index is 0.376. The van der Waals surface area contributed by atoms with Gasteiger partial charge in [-0.25, -0.2) is 9.97 Å². The number of anilines is 1. The Balaban J connectivity index is 1.21. The molecule has 0 bridgehead atoms. The zero-order chi connectivity index (χ0) is 18.5. The first-order valence-electron chi connectivity index (χ1n) is 9.84. The molecule has 6 nitrogen and oxygen atoms in total. The number of ether oxygens (including phenoxy) is 1. The third-order valence-corrected chi connectivity index (χ3v) is 5.31. The third-order valence-electron chi connectivity index (χ3n) is 5.31. The molecule has 1 atom stereocenters. The fourth-order valence-electron chi connectivity index (χ4n) is 3.82. The number of nitrogens with one attached hydrogen (secondary N) is 2. The molecular weight excluding hydrogens is 338 g/mol. The smallest absolute Gasteiger partial charge is 0.160 e. The monoisotopic (exact) mass is 365 g/mol. The van der Waals surface area contributed by atoms with E-state index in [0.717, 1.165) is 55.6 Å². The molecule has 1 unspecified atom stereocenters. The third kappa shape index (κ3) is 4.63. The van der Waals surface area contributed by atoms with Crippen LogP contribution >= 0.6 is 0 Å². The zero-order valence-electron chi connectivity index (χ0n) is 15.8. The highest BCUT2D eigenvalue weighted by molar-refractivity contribution is 5.85. The van der Waals surface area contributed by atoms with E-state index in [-0.39, 0.29) is 0 Å². The van der Waals surface area contributed by atoms with Crippen LogP contribution in [0.15, 0.2) is 42.9 Å². The lowest BCUT2D eigenvalue weighted by molar-refractivity contribution is 0.00917. The molecule has 0 amide bonds. The van der Waals surface area contributed by atoms with E-state index in [1.165, 1.54) is 5.56 Å². The summed E-state index contributed by atoms with van der Waals surface area (Å²) in [6, 6.07) is 11.1. The Bertz CT molecular complexity index is 842. The first kappa shape index (κ1) is 17.9. The molecule has 2 heterocycles. The standard InChI is InChI=1S/C21H27N5O/c1-15(11-16-5-3-2-4-6-16)13-27-18-9-7-17(8-10-18)25-20-19-12-24-26-21(19)23-14-22-20/h2-6,12,14-15,17-18H,7-11,13H2,1H3,(H2,22,23,24,25,26). The Morgan fingerprint density at radius 1 is 1.15 bits per heavy atom. The highest BCUT2D eigenvalue weighted by Gasteiger charge is 2.23. The number of benzene rings is 1. The molecule has 0 radical (unpaired) electrons. The second kappa shape index (κ2) is 8.48. The van der Waals surface area contributed by atoms with Gasteiger partial charge in [0.05, 0.1) is 17.7 Å². The van der Waals surface area contributed by atoms with Gasteiger partial charge < -0.3 is 10.1 Å². The topological polar surface area (TPSA) is 75.7 Å². The number of aromatic amines is 1. The van der Waals surface area contributed by atoms with E-state index in [1.54, 1.807) is 12.5 Å². The van der Waals surface area contributed by atoms with Crippen LogP contribution in [-0.4, -0.2) is 38.9 Å². The summed E-state index contributed by atoms with van der Waals surface area (Å²) in [7, 11) is 0. The Labute approximate surface area is 159 Å². The van der Waals surface area contributed by atoms with Gasteiger partial charge in [-0.15, -0.1) is 0 Å². The number of fused-ring (bicyclic) bond motifs is 1. The maximum absolute atomic E-state index is 6.20. The van der Waals surface area contributed by atoms with Crippen LogP contribution in [0.1, 0.15) is 38.2 Å². The van der Waals surface area contributed by atoms with Gasteiger partial charge >= 0.3 is 0 Å². The minimum atomic E-state index is 0.376. The lowest BCUT2D eigenvalue weighted by Crippen LogP contribution is -2.31. The van der Waals surface area contributed by atoms with Gasteiger partial charge in [-0.05, 0) is 43.6 Å². The average molecular weight is 365 g/mol. The van der Waals surface area contributed by atoms with Crippen molar-refractivity contribution in [3.05, 3.63) is 48.4 Å². The number of hydrogen-bond acceptors (Lipinski definition) is 5. The van der Waals surface area contributed by atoms with Gasteiger partial charge in [-0.2, -0.15) is 5.10 Å². The molecule has 27 heavy (non-hydrogen) atoms. The zero-order valence-corrected chi connectivity index (χ0v) is 15.8. The summed E-state index contributed by atoms with van der Waals surface area (Å²) in [4.78, 5) is 8.57. The van der Waals surface area contributed by atoms with E-state index < -0.39 is 0 Å². The van der Waals surface area contributed by atoms with Gasteiger partial charge in [0.15, 0.2) is 5.65 Å². The molecule has 0 aliphatic heterocycles. The van der Waals surface area contributed by atoms with Crippen molar-refractivity contribution in [1.29, 1.82) is 0 Å². The molecule has 4 rings (SSSR count). The summed E-state index contributed by atoms with van der Waals surface area (Å²) in [5.74, 6) is 1.41. The van der Waals surface area contributed by atoms with Gasteiger partial charge in [0.1, 0.15) is 12.1 Å². The molecule has 2 aromatic heterocycles. The largest absolute Gasteiger partial charge is 0.378 e. The van der Waals surface area contributed by atoms with Crippen LogP contribution in [0.25, 0.3) is 11.0 Å². The summed E-state index contributed by atoms with van der Waals surface area (Å²) in [6.07, 6.45) is 9.19. The second-order valence-corrected chi connectivity index (χ2v) is 7.60. The van der Waals surface area contributed by atoms with E-state index in [0.29, 0.717) is 18.1 Å². The molecule has 1 fully saturated rings. The Kier molecular flexibility index (Phi) is 5.63. The Morgan fingerprint density at radius 2 is 1.96 bits per heavy atom. The Morgan fingerprint density at radius 3 is 2.78 bits per heavy atom. The predicted molar refractivity (Wildman–Crippen MR) is 107 cm³/mol. The second-order valence-electron chi connectivity index (χ2n) is 7.60. The Hall–Kier alpha value is -2.47. The van der Waals surface area contributed by atoms with Crippen molar-refractivity contribution in [1.82, 2.24) is 20.2 Å². The SMILES string of the molecule is CC(COC1CCC(Nc2ncnc3[nH]ncc23)CC1)Cc1ccccc1. The minimum Gasteiger partial charge on any atom is -0.378 e. The lowest BCUT2D eigenvalue weighted by Gasteiger charge is -2.30. The molecular formula is C21H27N5O. The normalized spacial score (nSPS) is 21.2. The van der Waals surface area contributed by atoms with E-state index in [1.807, 2.05) is 0 Å². The van der Waals surface area contributed by atoms with Crippen molar-refractivity contribution in [2.45, 2.75) is 51.2 Å². The van der Waals surface area contributed by atoms with Crippen molar-refractivity contribution >= 4 is 16.9 Å². The number of aromatic nitrogens is 4. The number of rotatable bonds is 7. The molecule has 1 aliphatic rings. The number of H-pyrrole nitrogens is 1. The molecule has 0 saturated heterocycles. The van der Waals surface area contributed by atoms with Gasteiger partial charge in [0.2, 0.25) is 0 Å². The molecule has 1 saturated carbocycles. The molecule has 1 aromatic carbocycles. The van der Waals surface area contributed by atoms with E-state index in [9.17, 15) is 0 Å². The van der Waals surface area contributed by atoms with Crippen molar-refractivity contribution < 1.29 is 4.74 Å². The molecule has 0 spiro atoms. The van der Waals surface area contributed by atoms with Crippen LogP contribution in [0, 0.1) is 5.92 Å². The maximum atomic E-state index is 6.20. The van der Waals surface area contributed by atoms with E-state index >= 15 is 0 Å². The van der Waals surface area contributed by atoms with E-state index in [4.69, 9.17) is 4.74 Å². The lowest BCUT2D eigenvalue weighted by atomic mass is 9.92. The van der Waals surface area contributed by atoms with Crippen LogP contribution in [0.3, 0.4) is 0 Å². The molecule has 2 N–H and O–H groups in total. The molecule has 1 aliphatic carbocycles. The van der Waals surface area contributed by atoms with Gasteiger partial charge in [0.25, 0.3) is 0 Å². The highest BCUT2D eigenvalue weighted by Crippen LogP contribution is 2.26. The predicted octanol–water partition coefficient (Wildman–Crippen LogP) is 3.97. The summed E-state index contributed by atoms with van der Waals surface area (Å²) in [6.45, 7) is 3.10. The fourth-order valence-corrected chi connectivity index (χ4v) is 3.82. The molecule has 142 valence electrons. The number of hydrogen-bond donors (Lipinski definition) is 2. The van der Waals surface area contributed by atoms with Crippen molar-refractivity contribution in [2.24, 2.45) is 5.92 Å². The van der Waals surface area contributed by atoms with E-state index in [2.05, 4.69) is 62.7 Å². The summed E-state index contributed by atoms with van der Waals surface area (Å²) in [5.41, 5.74) is 2.16. The van der Waals surface area contributed by atoms with Gasteiger partial charge in [-0.3, -0.25) is 5.10 Å².